The molecule has 0 aliphatic carbocycles. The second-order valence-electron chi connectivity index (χ2n) is 6.74. The lowest BCUT2D eigenvalue weighted by Gasteiger charge is -2.09. The number of nitrogens with one attached hydrogen (secondary N) is 1. The van der Waals surface area contributed by atoms with Gasteiger partial charge in [0, 0.05) is 13.0 Å². The van der Waals surface area contributed by atoms with Crippen LogP contribution in [0.15, 0.2) is 48.5 Å². The first-order valence-electron chi connectivity index (χ1n) is 9.54. The van der Waals surface area contributed by atoms with E-state index in [2.05, 4.69) is 34.3 Å². The topological polar surface area (TPSA) is 64.6 Å². The van der Waals surface area contributed by atoms with Crippen molar-refractivity contribution in [3.05, 3.63) is 65.2 Å². The minimum absolute atomic E-state index is 0.108. The lowest BCUT2D eigenvalue weighted by atomic mass is 10.1. The predicted molar refractivity (Wildman–Crippen MR) is 105 cm³/mol. The highest BCUT2D eigenvalue weighted by Crippen LogP contribution is 2.17. The number of rotatable bonds is 10. The van der Waals surface area contributed by atoms with Crippen LogP contribution < -0.4 is 10.1 Å². The molecule has 2 rings (SSSR count). The molecule has 1 N–H and O–H groups in total. The van der Waals surface area contributed by atoms with E-state index in [0.29, 0.717) is 19.6 Å². The van der Waals surface area contributed by atoms with Crippen molar-refractivity contribution in [2.24, 2.45) is 0 Å². The minimum atomic E-state index is -5.17. The molecule has 30 heavy (non-hydrogen) atoms. The van der Waals surface area contributed by atoms with E-state index in [0.717, 1.165) is 17.7 Å². The number of benzene rings is 2. The van der Waals surface area contributed by atoms with Crippen molar-refractivity contribution >= 4 is 11.9 Å². The molecular weight excluding hydrogens is 399 g/mol. The van der Waals surface area contributed by atoms with E-state index >= 15 is 0 Å². The first-order chi connectivity index (χ1) is 14.2. The Kier molecular flexibility index (Phi) is 8.86. The highest BCUT2D eigenvalue weighted by atomic mass is 19.4. The first kappa shape index (κ1) is 23.4. The van der Waals surface area contributed by atoms with Crippen LogP contribution in [0.1, 0.15) is 23.1 Å². The summed E-state index contributed by atoms with van der Waals surface area (Å²) in [4.78, 5) is 21.7. The summed E-state index contributed by atoms with van der Waals surface area (Å²) < 4.78 is 45.5. The van der Waals surface area contributed by atoms with Gasteiger partial charge in [-0.1, -0.05) is 42.0 Å². The molecule has 0 aliphatic rings. The maximum atomic E-state index is 12.0. The molecule has 0 spiro atoms. The molecule has 5 nitrogen and oxygen atoms in total. The third kappa shape index (κ3) is 8.65. The largest absolute Gasteiger partial charge is 0.493 e. The molecule has 0 saturated heterocycles. The Morgan fingerprint density at radius 3 is 2.40 bits per heavy atom. The van der Waals surface area contributed by atoms with Crippen molar-refractivity contribution in [1.29, 1.82) is 0 Å². The molecule has 0 radical (unpaired) electrons. The molecule has 2 aromatic rings. The van der Waals surface area contributed by atoms with Crippen LogP contribution in [0.5, 0.6) is 5.75 Å². The summed E-state index contributed by atoms with van der Waals surface area (Å²) in [7, 11) is 0. The average Bonchev–Trinajstić information content (AvgIpc) is 2.69. The normalized spacial score (nSPS) is 11.2. The number of carbonyl (C=O) groups is 2. The smallest absolute Gasteiger partial charge is 0.491 e. The van der Waals surface area contributed by atoms with Gasteiger partial charge in [-0.05, 0) is 43.1 Å². The number of ether oxygens (including phenoxy) is 2. The third-order valence-electron chi connectivity index (χ3n) is 4.21. The Labute approximate surface area is 173 Å². The van der Waals surface area contributed by atoms with E-state index in [4.69, 9.17) is 4.74 Å². The summed E-state index contributed by atoms with van der Waals surface area (Å²) in [5.74, 6) is -2.95. The Morgan fingerprint density at radius 1 is 0.967 bits per heavy atom. The Bertz CT molecular complexity index is 835. The SMILES string of the molecule is Cc1ccc(CCOc2cccc(CCNCCC(=O)OC(=O)C(F)(F)F)c2)cc1. The molecule has 0 heterocycles. The minimum Gasteiger partial charge on any atom is -0.493 e. The molecule has 2 aromatic carbocycles. The third-order valence-corrected chi connectivity index (χ3v) is 4.21. The van der Waals surface area contributed by atoms with Crippen LogP contribution in [0.3, 0.4) is 0 Å². The van der Waals surface area contributed by atoms with Crippen molar-refractivity contribution in [2.45, 2.75) is 32.4 Å². The molecule has 0 saturated carbocycles. The number of aryl methyl sites for hydroxylation is 1. The van der Waals surface area contributed by atoms with Gasteiger partial charge in [-0.3, -0.25) is 4.79 Å². The molecule has 0 aliphatic heterocycles. The fourth-order valence-corrected chi connectivity index (χ4v) is 2.59. The fraction of sp³-hybridized carbons (Fsp3) is 0.364. The summed E-state index contributed by atoms with van der Waals surface area (Å²) in [6.45, 7) is 3.22. The first-order valence-corrected chi connectivity index (χ1v) is 9.54. The van der Waals surface area contributed by atoms with Crippen molar-refractivity contribution in [3.8, 4) is 5.75 Å². The Balaban J connectivity index is 1.64. The van der Waals surface area contributed by atoms with Crippen molar-refractivity contribution in [2.75, 3.05) is 19.7 Å². The van der Waals surface area contributed by atoms with Crippen LogP contribution in [-0.4, -0.2) is 37.8 Å². The Hall–Kier alpha value is -2.87. The van der Waals surface area contributed by atoms with Gasteiger partial charge < -0.3 is 14.8 Å². The van der Waals surface area contributed by atoms with Crippen LogP contribution >= 0.6 is 0 Å². The van der Waals surface area contributed by atoms with Crippen LogP contribution in [0.4, 0.5) is 13.2 Å². The van der Waals surface area contributed by atoms with Gasteiger partial charge in [0.15, 0.2) is 0 Å². The van der Waals surface area contributed by atoms with Gasteiger partial charge in [-0.15, -0.1) is 0 Å². The van der Waals surface area contributed by atoms with Gasteiger partial charge in [0.05, 0.1) is 13.0 Å². The highest BCUT2D eigenvalue weighted by Gasteiger charge is 2.42. The number of hydrogen-bond acceptors (Lipinski definition) is 5. The number of halogens is 3. The van der Waals surface area contributed by atoms with Gasteiger partial charge in [-0.2, -0.15) is 13.2 Å². The van der Waals surface area contributed by atoms with Gasteiger partial charge >= 0.3 is 18.1 Å². The lowest BCUT2D eigenvalue weighted by molar-refractivity contribution is -0.201. The molecule has 0 aromatic heterocycles. The van der Waals surface area contributed by atoms with E-state index in [1.165, 1.54) is 11.1 Å². The quantitative estimate of drug-likeness (QED) is 0.358. The van der Waals surface area contributed by atoms with E-state index < -0.39 is 18.1 Å². The predicted octanol–water partition coefficient (Wildman–Crippen LogP) is 3.77. The van der Waals surface area contributed by atoms with E-state index in [9.17, 15) is 22.8 Å². The van der Waals surface area contributed by atoms with Crippen LogP contribution in [0, 0.1) is 6.92 Å². The number of hydrogen-bond donors (Lipinski definition) is 1. The number of esters is 2. The zero-order valence-electron chi connectivity index (χ0n) is 16.6. The van der Waals surface area contributed by atoms with Crippen LogP contribution in [0.2, 0.25) is 0 Å². The second-order valence-corrected chi connectivity index (χ2v) is 6.74. The number of carbonyl (C=O) groups excluding carboxylic acids is 2. The average molecular weight is 423 g/mol. The summed E-state index contributed by atoms with van der Waals surface area (Å²) in [6, 6.07) is 15.9. The van der Waals surface area contributed by atoms with E-state index in [1.54, 1.807) is 0 Å². The standard InChI is InChI=1S/C22H24F3NO4/c1-16-5-7-17(8-6-16)11-14-29-19-4-2-3-18(15-19)9-12-26-13-10-20(27)30-21(28)22(23,24)25/h2-8,15,26H,9-14H2,1H3. The summed E-state index contributed by atoms with van der Waals surface area (Å²) in [6.07, 6.45) is -4.05. The van der Waals surface area contributed by atoms with Gasteiger partial charge in [0.1, 0.15) is 5.75 Å². The van der Waals surface area contributed by atoms with Crippen molar-refractivity contribution < 1.29 is 32.2 Å². The fourth-order valence-electron chi connectivity index (χ4n) is 2.59. The van der Waals surface area contributed by atoms with Crippen molar-refractivity contribution in [3.63, 3.8) is 0 Å². The zero-order chi connectivity index (χ0) is 22.0. The lowest BCUT2D eigenvalue weighted by Crippen LogP contribution is -2.29. The number of alkyl halides is 3. The summed E-state index contributed by atoms with van der Waals surface area (Å²) >= 11 is 0. The second kappa shape index (κ2) is 11.3. The molecule has 162 valence electrons. The zero-order valence-corrected chi connectivity index (χ0v) is 16.6. The monoisotopic (exact) mass is 423 g/mol. The van der Waals surface area contributed by atoms with Crippen LogP contribution in [0.25, 0.3) is 0 Å². The van der Waals surface area contributed by atoms with Gasteiger partial charge in [0.2, 0.25) is 0 Å². The van der Waals surface area contributed by atoms with Gasteiger partial charge in [-0.25, -0.2) is 4.79 Å². The highest BCUT2D eigenvalue weighted by molar-refractivity contribution is 5.88. The molecule has 0 atom stereocenters. The summed E-state index contributed by atoms with van der Waals surface area (Å²) in [5, 5.41) is 2.93. The molecule has 0 amide bonds. The van der Waals surface area contributed by atoms with Crippen molar-refractivity contribution in [1.82, 2.24) is 5.32 Å². The molecule has 0 unspecified atom stereocenters. The Morgan fingerprint density at radius 2 is 1.70 bits per heavy atom. The maximum Gasteiger partial charge on any atom is 0.491 e. The van der Waals surface area contributed by atoms with E-state index in [1.807, 2.05) is 31.2 Å². The van der Waals surface area contributed by atoms with Crippen LogP contribution in [-0.2, 0) is 27.2 Å². The summed E-state index contributed by atoms with van der Waals surface area (Å²) in [5.41, 5.74) is 3.44. The molecule has 0 fully saturated rings. The molecule has 8 heteroatoms. The molecular formula is C22H24F3NO4. The van der Waals surface area contributed by atoms with Gasteiger partial charge in [0.25, 0.3) is 0 Å². The maximum absolute atomic E-state index is 12.0. The molecule has 0 bridgehead atoms. The van der Waals surface area contributed by atoms with E-state index in [-0.39, 0.29) is 13.0 Å².